The number of nitrogens with zero attached hydrogens (tertiary/aromatic N) is 4. The summed E-state index contributed by atoms with van der Waals surface area (Å²) in [6.07, 6.45) is 1.58. The van der Waals surface area contributed by atoms with Crippen LogP contribution in [-0.2, 0) is 23.4 Å². The maximum absolute atomic E-state index is 12.1. The summed E-state index contributed by atoms with van der Waals surface area (Å²) in [6, 6.07) is 7.96. The van der Waals surface area contributed by atoms with Crippen molar-refractivity contribution < 1.29 is 8.42 Å². The number of hydrogen-bond acceptors (Lipinski definition) is 6. The van der Waals surface area contributed by atoms with E-state index in [1.165, 1.54) is 12.1 Å². The maximum atomic E-state index is 12.1. The van der Waals surface area contributed by atoms with Gasteiger partial charge in [-0.15, -0.1) is 10.2 Å². The van der Waals surface area contributed by atoms with Gasteiger partial charge in [-0.25, -0.2) is 8.42 Å². The number of rotatable bonds is 6. The summed E-state index contributed by atoms with van der Waals surface area (Å²) in [5.41, 5.74) is 0.336. The Balaban J connectivity index is 1.92. The van der Waals surface area contributed by atoms with Gasteiger partial charge in [0, 0.05) is 13.6 Å². The van der Waals surface area contributed by atoms with Gasteiger partial charge in [0.25, 0.3) is 0 Å². The van der Waals surface area contributed by atoms with Crippen LogP contribution in [0.4, 0.5) is 0 Å². The fourth-order valence-corrected chi connectivity index (χ4v) is 2.99. The third-order valence-electron chi connectivity index (χ3n) is 2.96. The molecule has 0 amide bonds. The van der Waals surface area contributed by atoms with Crippen LogP contribution in [0.1, 0.15) is 11.4 Å². The Bertz CT molecular complexity index is 761. The second-order valence-electron chi connectivity index (χ2n) is 4.49. The smallest absolute Gasteiger partial charge is 0.179 e. The lowest BCUT2D eigenvalue weighted by Crippen LogP contribution is -2.24. The molecule has 0 spiro atoms. The summed E-state index contributed by atoms with van der Waals surface area (Å²) >= 11 is 0. The van der Waals surface area contributed by atoms with Crippen molar-refractivity contribution in [2.24, 2.45) is 7.05 Å². The average Bonchev–Trinajstić information content (AvgIpc) is 2.89. The maximum Gasteiger partial charge on any atom is 0.179 e. The molecule has 0 unspecified atom stereocenters. The van der Waals surface area contributed by atoms with E-state index in [0.717, 1.165) is 5.82 Å². The minimum absolute atomic E-state index is 0.0419. The minimum Gasteiger partial charge on any atom is -0.320 e. The summed E-state index contributed by atoms with van der Waals surface area (Å²) in [5.74, 6) is 0.693. The normalized spacial score (nSPS) is 11.2. The quantitative estimate of drug-likeness (QED) is 0.768. The van der Waals surface area contributed by atoms with Gasteiger partial charge in [-0.3, -0.25) is 0 Å². The van der Waals surface area contributed by atoms with E-state index in [1.54, 1.807) is 23.0 Å². The molecule has 1 N–H and O–H groups in total. The highest BCUT2D eigenvalue weighted by Crippen LogP contribution is 2.12. The molecule has 0 aliphatic heterocycles. The van der Waals surface area contributed by atoms with E-state index in [-0.39, 0.29) is 10.6 Å². The molecule has 0 fully saturated rings. The van der Waals surface area contributed by atoms with Crippen LogP contribution in [0.15, 0.2) is 35.5 Å². The van der Waals surface area contributed by atoms with Gasteiger partial charge in [-0.2, -0.15) is 5.26 Å². The van der Waals surface area contributed by atoms with Gasteiger partial charge in [0.05, 0.1) is 28.8 Å². The topological polar surface area (TPSA) is 101 Å². The average molecular weight is 305 g/mol. The van der Waals surface area contributed by atoms with Crippen molar-refractivity contribution >= 4 is 9.84 Å². The van der Waals surface area contributed by atoms with Crippen molar-refractivity contribution in [3.63, 3.8) is 0 Å². The molecular formula is C13H15N5O2S. The first kappa shape index (κ1) is 15.2. The Kier molecular flexibility index (Phi) is 4.67. The SMILES string of the molecule is Cn1cnnc1CNCCS(=O)(=O)c1cccc(C#N)c1. The number of hydrogen-bond donors (Lipinski definition) is 1. The molecule has 0 atom stereocenters. The van der Waals surface area contributed by atoms with E-state index < -0.39 is 9.84 Å². The van der Waals surface area contributed by atoms with Crippen LogP contribution in [-0.4, -0.2) is 35.5 Å². The lowest BCUT2D eigenvalue weighted by Gasteiger charge is -2.06. The summed E-state index contributed by atoms with van der Waals surface area (Å²) in [6.45, 7) is 0.746. The Morgan fingerprint density at radius 1 is 1.43 bits per heavy atom. The van der Waals surface area contributed by atoms with Gasteiger partial charge in [-0.05, 0) is 18.2 Å². The highest BCUT2D eigenvalue weighted by molar-refractivity contribution is 7.91. The van der Waals surface area contributed by atoms with Gasteiger partial charge in [0.2, 0.25) is 0 Å². The molecule has 8 heteroatoms. The zero-order valence-electron chi connectivity index (χ0n) is 11.5. The molecule has 1 aromatic carbocycles. The molecule has 0 saturated heterocycles. The van der Waals surface area contributed by atoms with E-state index in [9.17, 15) is 8.42 Å². The summed E-state index contributed by atoms with van der Waals surface area (Å²) in [4.78, 5) is 0.169. The van der Waals surface area contributed by atoms with Crippen LogP contribution in [0.25, 0.3) is 0 Å². The lowest BCUT2D eigenvalue weighted by molar-refractivity contribution is 0.588. The Morgan fingerprint density at radius 3 is 2.90 bits per heavy atom. The van der Waals surface area contributed by atoms with Crippen molar-refractivity contribution in [3.05, 3.63) is 42.0 Å². The van der Waals surface area contributed by atoms with Gasteiger partial charge >= 0.3 is 0 Å². The van der Waals surface area contributed by atoms with Crippen molar-refractivity contribution in [1.82, 2.24) is 20.1 Å². The molecule has 21 heavy (non-hydrogen) atoms. The Hall–Kier alpha value is -2.24. The first-order chi connectivity index (χ1) is 10.0. The van der Waals surface area contributed by atoms with Gasteiger partial charge < -0.3 is 9.88 Å². The highest BCUT2D eigenvalue weighted by Gasteiger charge is 2.14. The monoisotopic (exact) mass is 305 g/mol. The van der Waals surface area contributed by atoms with Crippen LogP contribution in [0, 0.1) is 11.3 Å². The number of aromatic nitrogens is 3. The van der Waals surface area contributed by atoms with Crippen LogP contribution >= 0.6 is 0 Å². The zero-order valence-corrected chi connectivity index (χ0v) is 12.3. The summed E-state index contributed by atoms with van der Waals surface area (Å²) < 4.78 is 26.1. The van der Waals surface area contributed by atoms with Crippen LogP contribution in [0.5, 0.6) is 0 Å². The molecule has 1 aromatic heterocycles. The van der Waals surface area contributed by atoms with E-state index >= 15 is 0 Å². The number of aryl methyl sites for hydroxylation is 1. The van der Waals surface area contributed by atoms with Crippen molar-refractivity contribution in [3.8, 4) is 6.07 Å². The van der Waals surface area contributed by atoms with Gasteiger partial charge in [-0.1, -0.05) is 6.07 Å². The van der Waals surface area contributed by atoms with E-state index in [1.807, 2.05) is 13.1 Å². The molecular weight excluding hydrogens is 290 g/mol. The summed E-state index contributed by atoms with van der Waals surface area (Å²) in [5, 5.41) is 19.5. The number of nitriles is 1. The first-order valence-electron chi connectivity index (χ1n) is 6.29. The van der Waals surface area contributed by atoms with Crippen LogP contribution in [0.3, 0.4) is 0 Å². The van der Waals surface area contributed by atoms with E-state index in [0.29, 0.717) is 18.7 Å². The van der Waals surface area contributed by atoms with Crippen molar-refractivity contribution in [1.29, 1.82) is 5.26 Å². The Morgan fingerprint density at radius 2 is 2.24 bits per heavy atom. The molecule has 110 valence electrons. The molecule has 0 aliphatic carbocycles. The fourth-order valence-electron chi connectivity index (χ4n) is 1.75. The molecule has 2 aromatic rings. The standard InChI is InChI=1S/C13H15N5O2S/c1-18-10-16-17-13(18)9-15-5-6-21(19,20)12-4-2-3-11(7-12)8-14/h2-4,7,10,15H,5-6,9H2,1H3. The zero-order chi connectivity index (χ0) is 15.3. The van der Waals surface area contributed by atoms with Gasteiger partial charge in [0.15, 0.2) is 9.84 Å². The molecule has 1 heterocycles. The largest absolute Gasteiger partial charge is 0.320 e. The third-order valence-corrected chi connectivity index (χ3v) is 4.67. The fraction of sp³-hybridized carbons (Fsp3) is 0.308. The lowest BCUT2D eigenvalue weighted by atomic mass is 10.2. The van der Waals surface area contributed by atoms with Crippen molar-refractivity contribution in [2.75, 3.05) is 12.3 Å². The van der Waals surface area contributed by atoms with Crippen LogP contribution < -0.4 is 5.32 Å². The second kappa shape index (κ2) is 6.47. The molecule has 0 saturated carbocycles. The predicted molar refractivity (Wildman–Crippen MR) is 75.9 cm³/mol. The highest BCUT2D eigenvalue weighted by atomic mass is 32.2. The predicted octanol–water partition coefficient (Wildman–Crippen LogP) is 0.250. The number of sulfone groups is 1. The molecule has 0 aliphatic rings. The summed E-state index contributed by atoms with van der Waals surface area (Å²) in [7, 11) is -1.58. The van der Waals surface area contributed by atoms with E-state index in [2.05, 4.69) is 15.5 Å². The molecule has 0 radical (unpaired) electrons. The molecule has 7 nitrogen and oxygen atoms in total. The number of nitrogens with one attached hydrogen (secondary N) is 1. The van der Waals surface area contributed by atoms with Crippen LogP contribution in [0.2, 0.25) is 0 Å². The van der Waals surface area contributed by atoms with E-state index in [4.69, 9.17) is 5.26 Å². The van der Waals surface area contributed by atoms with Crippen molar-refractivity contribution in [2.45, 2.75) is 11.4 Å². The second-order valence-corrected chi connectivity index (χ2v) is 6.60. The first-order valence-corrected chi connectivity index (χ1v) is 7.94. The Labute approximate surface area is 123 Å². The number of benzene rings is 1. The minimum atomic E-state index is -3.40. The molecule has 0 bridgehead atoms. The van der Waals surface area contributed by atoms with Gasteiger partial charge in [0.1, 0.15) is 12.2 Å². The third kappa shape index (κ3) is 3.87. The molecule has 2 rings (SSSR count).